The molecule has 1 saturated heterocycles. The Hall–Kier alpha value is -1.06. The van der Waals surface area contributed by atoms with E-state index in [1.54, 1.807) is 7.11 Å². The van der Waals surface area contributed by atoms with Crippen LogP contribution in [0.15, 0.2) is 12.1 Å². The average molecular weight is 276 g/mol. The van der Waals surface area contributed by atoms with Crippen LogP contribution in [0.4, 0.5) is 5.69 Å². The van der Waals surface area contributed by atoms with Gasteiger partial charge in [-0.25, -0.2) is 0 Å². The van der Waals surface area contributed by atoms with Crippen molar-refractivity contribution in [3.05, 3.63) is 28.8 Å². The Morgan fingerprint density at radius 1 is 0.950 bits per heavy atom. The van der Waals surface area contributed by atoms with Crippen molar-refractivity contribution >= 4 is 5.69 Å². The minimum absolute atomic E-state index is 0.872. The smallest absolute Gasteiger partial charge is 0.0474 e. The lowest BCUT2D eigenvalue weighted by molar-refractivity contribution is 0.169. The molecule has 1 aliphatic rings. The minimum atomic E-state index is 0.872. The second kappa shape index (κ2) is 7.09. The van der Waals surface area contributed by atoms with Crippen LogP contribution in [0.5, 0.6) is 0 Å². The molecule has 0 N–H and O–H groups in total. The van der Waals surface area contributed by atoms with Gasteiger partial charge in [-0.2, -0.15) is 0 Å². The van der Waals surface area contributed by atoms with E-state index in [0.29, 0.717) is 0 Å². The van der Waals surface area contributed by atoms with Crippen LogP contribution in [-0.4, -0.2) is 51.3 Å². The van der Waals surface area contributed by atoms with E-state index in [0.717, 1.165) is 45.8 Å². The number of methoxy groups -OCH3 is 1. The summed E-state index contributed by atoms with van der Waals surface area (Å²) in [7, 11) is 1.78. The molecule has 0 aromatic heterocycles. The van der Waals surface area contributed by atoms with Crippen LogP contribution in [0.1, 0.15) is 23.1 Å². The maximum Gasteiger partial charge on any atom is 0.0474 e. The Labute approximate surface area is 123 Å². The molecule has 2 rings (SSSR count). The monoisotopic (exact) mass is 276 g/mol. The number of hydrogen-bond acceptors (Lipinski definition) is 3. The van der Waals surface area contributed by atoms with Gasteiger partial charge in [0.2, 0.25) is 0 Å². The number of hydrogen-bond donors (Lipinski definition) is 0. The first-order valence-electron chi connectivity index (χ1n) is 7.66. The first kappa shape index (κ1) is 15.3. The van der Waals surface area contributed by atoms with Crippen molar-refractivity contribution in [3.63, 3.8) is 0 Å². The van der Waals surface area contributed by atoms with Crippen LogP contribution in [0.25, 0.3) is 0 Å². The van der Waals surface area contributed by atoms with Gasteiger partial charge in [-0.1, -0.05) is 6.07 Å². The maximum atomic E-state index is 5.13. The predicted octanol–water partition coefficient (Wildman–Crippen LogP) is 2.77. The molecule has 20 heavy (non-hydrogen) atoms. The van der Waals surface area contributed by atoms with Gasteiger partial charge in [0.25, 0.3) is 0 Å². The number of piperazine rings is 1. The molecule has 1 fully saturated rings. The highest BCUT2D eigenvalue weighted by Gasteiger charge is 2.18. The molecule has 1 heterocycles. The zero-order valence-electron chi connectivity index (χ0n) is 13.4. The Kier molecular flexibility index (Phi) is 5.44. The third-order valence-electron chi connectivity index (χ3n) is 4.35. The average Bonchev–Trinajstić information content (AvgIpc) is 2.44. The van der Waals surface area contributed by atoms with Crippen LogP contribution in [0.2, 0.25) is 0 Å². The lowest BCUT2D eigenvalue weighted by Gasteiger charge is -2.37. The van der Waals surface area contributed by atoms with Gasteiger partial charge in [0.1, 0.15) is 0 Å². The van der Waals surface area contributed by atoms with Crippen molar-refractivity contribution < 1.29 is 4.74 Å². The number of rotatable bonds is 5. The highest BCUT2D eigenvalue weighted by molar-refractivity contribution is 5.57. The van der Waals surface area contributed by atoms with Gasteiger partial charge in [0.05, 0.1) is 0 Å². The van der Waals surface area contributed by atoms with Gasteiger partial charge >= 0.3 is 0 Å². The lowest BCUT2D eigenvalue weighted by Crippen LogP contribution is -2.47. The normalized spacial score (nSPS) is 16.7. The van der Waals surface area contributed by atoms with Crippen LogP contribution in [0, 0.1) is 20.8 Å². The summed E-state index contributed by atoms with van der Waals surface area (Å²) in [6, 6.07) is 4.67. The van der Waals surface area contributed by atoms with Crippen LogP contribution < -0.4 is 4.90 Å². The molecule has 0 bridgehead atoms. The van der Waals surface area contributed by atoms with E-state index in [4.69, 9.17) is 4.74 Å². The van der Waals surface area contributed by atoms with E-state index < -0.39 is 0 Å². The standard InChI is InChI=1S/C17H28N2O/c1-14-12-16(3)17(13-15(14)2)19-9-7-18(8-10-19)6-5-11-20-4/h12-13H,5-11H2,1-4H3. The number of ether oxygens (including phenoxy) is 1. The van der Waals surface area contributed by atoms with Crippen molar-refractivity contribution in [2.24, 2.45) is 0 Å². The summed E-state index contributed by atoms with van der Waals surface area (Å²) in [6.07, 6.45) is 1.14. The van der Waals surface area contributed by atoms with E-state index in [9.17, 15) is 0 Å². The first-order chi connectivity index (χ1) is 9.61. The molecule has 1 aliphatic heterocycles. The van der Waals surface area contributed by atoms with Crippen LogP contribution in [0.3, 0.4) is 0 Å². The molecule has 1 aromatic carbocycles. The zero-order valence-corrected chi connectivity index (χ0v) is 13.4. The Bertz CT molecular complexity index is 437. The summed E-state index contributed by atoms with van der Waals surface area (Å²) >= 11 is 0. The van der Waals surface area contributed by atoms with Gasteiger partial charge < -0.3 is 9.64 Å². The molecule has 0 amide bonds. The SMILES string of the molecule is COCCCN1CCN(c2cc(C)c(C)cc2C)CC1. The lowest BCUT2D eigenvalue weighted by atomic mass is 10.0. The summed E-state index contributed by atoms with van der Waals surface area (Å²) in [4.78, 5) is 5.08. The van der Waals surface area contributed by atoms with Crippen molar-refractivity contribution in [3.8, 4) is 0 Å². The van der Waals surface area contributed by atoms with E-state index >= 15 is 0 Å². The highest BCUT2D eigenvalue weighted by atomic mass is 16.5. The molecule has 0 radical (unpaired) electrons. The van der Waals surface area contributed by atoms with Crippen molar-refractivity contribution in [2.45, 2.75) is 27.2 Å². The third kappa shape index (κ3) is 3.74. The minimum Gasteiger partial charge on any atom is -0.385 e. The molecule has 0 unspecified atom stereocenters. The van der Waals surface area contributed by atoms with E-state index in [-0.39, 0.29) is 0 Å². The highest BCUT2D eigenvalue weighted by Crippen LogP contribution is 2.25. The fourth-order valence-electron chi connectivity index (χ4n) is 2.93. The Balaban J connectivity index is 1.92. The summed E-state index contributed by atoms with van der Waals surface area (Å²) in [5.74, 6) is 0. The molecule has 0 spiro atoms. The van der Waals surface area contributed by atoms with Crippen LogP contribution >= 0.6 is 0 Å². The maximum absolute atomic E-state index is 5.13. The second-order valence-electron chi connectivity index (χ2n) is 5.90. The number of benzene rings is 1. The molecule has 112 valence electrons. The molecule has 0 atom stereocenters. The third-order valence-corrected chi connectivity index (χ3v) is 4.35. The van der Waals surface area contributed by atoms with Gasteiger partial charge in [0.15, 0.2) is 0 Å². The summed E-state index contributed by atoms with van der Waals surface area (Å²) in [5, 5.41) is 0. The number of anilines is 1. The van der Waals surface area contributed by atoms with E-state index in [1.165, 1.54) is 22.4 Å². The molecule has 1 aromatic rings. The first-order valence-corrected chi connectivity index (χ1v) is 7.66. The molecular formula is C17H28N2O. The molecule has 3 nitrogen and oxygen atoms in total. The molecule has 0 aliphatic carbocycles. The van der Waals surface area contributed by atoms with Gasteiger partial charge in [0, 0.05) is 52.1 Å². The fraction of sp³-hybridized carbons (Fsp3) is 0.647. The van der Waals surface area contributed by atoms with Crippen molar-refractivity contribution in [2.75, 3.05) is 51.3 Å². The quantitative estimate of drug-likeness (QED) is 0.769. The Morgan fingerprint density at radius 2 is 1.60 bits per heavy atom. The van der Waals surface area contributed by atoms with E-state index in [1.807, 2.05) is 0 Å². The fourth-order valence-corrected chi connectivity index (χ4v) is 2.93. The summed E-state index contributed by atoms with van der Waals surface area (Å²) in [5.41, 5.74) is 5.61. The van der Waals surface area contributed by atoms with E-state index in [2.05, 4.69) is 42.7 Å². The van der Waals surface area contributed by atoms with Gasteiger partial charge in [-0.3, -0.25) is 4.90 Å². The van der Waals surface area contributed by atoms with Crippen LogP contribution in [-0.2, 0) is 4.74 Å². The topological polar surface area (TPSA) is 15.7 Å². The molecular weight excluding hydrogens is 248 g/mol. The zero-order chi connectivity index (χ0) is 14.5. The second-order valence-corrected chi connectivity index (χ2v) is 5.90. The van der Waals surface area contributed by atoms with Gasteiger partial charge in [-0.05, 0) is 49.9 Å². The summed E-state index contributed by atoms with van der Waals surface area (Å²) < 4.78 is 5.13. The van der Waals surface area contributed by atoms with Gasteiger partial charge in [-0.15, -0.1) is 0 Å². The largest absolute Gasteiger partial charge is 0.385 e. The molecule has 3 heteroatoms. The Morgan fingerprint density at radius 3 is 2.25 bits per heavy atom. The number of nitrogens with zero attached hydrogens (tertiary/aromatic N) is 2. The number of aryl methyl sites for hydroxylation is 3. The molecule has 0 saturated carbocycles. The van der Waals surface area contributed by atoms with Crippen molar-refractivity contribution in [1.29, 1.82) is 0 Å². The predicted molar refractivity (Wildman–Crippen MR) is 85.8 cm³/mol. The summed E-state index contributed by atoms with van der Waals surface area (Å²) in [6.45, 7) is 13.3. The van der Waals surface area contributed by atoms with Crippen molar-refractivity contribution in [1.82, 2.24) is 4.90 Å².